The number of likely N-dealkylation sites (tertiary alicyclic amines) is 1. The molecule has 2 heterocycles. The molecule has 1 fully saturated rings. The third-order valence-corrected chi connectivity index (χ3v) is 5.68. The summed E-state index contributed by atoms with van der Waals surface area (Å²) in [5, 5.41) is 0. The number of benzene rings is 2. The summed E-state index contributed by atoms with van der Waals surface area (Å²) in [5.74, 6) is 1.05. The van der Waals surface area contributed by atoms with E-state index in [1.165, 1.54) is 0 Å². The molecule has 2 amide bonds. The van der Waals surface area contributed by atoms with Gasteiger partial charge < -0.3 is 19.3 Å². The Bertz CT molecular complexity index is 926. The lowest BCUT2D eigenvalue weighted by atomic mass is 9.81. The minimum absolute atomic E-state index is 0.0614. The van der Waals surface area contributed by atoms with Gasteiger partial charge in [0.05, 0.1) is 19.6 Å². The van der Waals surface area contributed by atoms with Crippen molar-refractivity contribution in [3.8, 4) is 11.5 Å². The highest BCUT2D eigenvalue weighted by Crippen LogP contribution is 2.46. The van der Waals surface area contributed by atoms with E-state index >= 15 is 0 Å². The zero-order chi connectivity index (χ0) is 19.2. The molecule has 0 unspecified atom stereocenters. The first-order valence-electron chi connectivity index (χ1n) is 8.91. The van der Waals surface area contributed by atoms with Crippen molar-refractivity contribution in [1.82, 2.24) is 4.90 Å². The molecule has 2 aliphatic heterocycles. The van der Waals surface area contributed by atoms with Crippen LogP contribution in [0.15, 0.2) is 42.5 Å². The van der Waals surface area contributed by atoms with Gasteiger partial charge in [-0.1, -0.05) is 18.2 Å². The van der Waals surface area contributed by atoms with Crippen LogP contribution in [0.5, 0.6) is 11.5 Å². The molecular weight excluding hydrogens is 344 g/mol. The molecule has 140 valence electrons. The van der Waals surface area contributed by atoms with Gasteiger partial charge in [0.1, 0.15) is 0 Å². The molecular formula is C21H22N2O4. The Morgan fingerprint density at radius 3 is 2.56 bits per heavy atom. The largest absolute Gasteiger partial charge is 0.493 e. The topological polar surface area (TPSA) is 59.1 Å². The average Bonchev–Trinajstić information content (AvgIpc) is 3.25. The fraction of sp³-hybridized carbons (Fsp3) is 0.333. The zero-order valence-electron chi connectivity index (χ0n) is 15.7. The van der Waals surface area contributed by atoms with Crippen LogP contribution in [0, 0.1) is 0 Å². The molecule has 0 aliphatic carbocycles. The number of carbonyl (C=O) groups excluding carboxylic acids is 2. The van der Waals surface area contributed by atoms with Gasteiger partial charge in [0.15, 0.2) is 11.5 Å². The van der Waals surface area contributed by atoms with Crippen LogP contribution >= 0.6 is 0 Å². The molecule has 0 aromatic heterocycles. The van der Waals surface area contributed by atoms with Crippen molar-refractivity contribution < 1.29 is 19.1 Å². The molecule has 0 radical (unpaired) electrons. The molecule has 0 N–H and O–H groups in total. The van der Waals surface area contributed by atoms with Crippen molar-refractivity contribution in [3.05, 3.63) is 53.6 Å². The highest BCUT2D eigenvalue weighted by atomic mass is 16.5. The molecule has 0 bridgehead atoms. The van der Waals surface area contributed by atoms with Crippen LogP contribution in [0.1, 0.15) is 22.3 Å². The number of hydrogen-bond acceptors (Lipinski definition) is 4. The van der Waals surface area contributed by atoms with Crippen molar-refractivity contribution in [2.24, 2.45) is 0 Å². The summed E-state index contributed by atoms with van der Waals surface area (Å²) >= 11 is 0. The molecule has 4 rings (SSSR count). The van der Waals surface area contributed by atoms with Gasteiger partial charge in [-0.15, -0.1) is 0 Å². The molecule has 1 spiro atoms. The smallest absolute Gasteiger partial charge is 0.254 e. The van der Waals surface area contributed by atoms with Crippen molar-refractivity contribution in [2.75, 3.05) is 39.3 Å². The number of likely N-dealkylation sites (N-methyl/N-ethyl adjacent to an activating group) is 1. The summed E-state index contributed by atoms with van der Waals surface area (Å²) in [6.45, 7) is 0.932. The lowest BCUT2D eigenvalue weighted by Gasteiger charge is -2.23. The van der Waals surface area contributed by atoms with Crippen molar-refractivity contribution >= 4 is 17.5 Å². The first kappa shape index (κ1) is 17.4. The molecule has 27 heavy (non-hydrogen) atoms. The summed E-state index contributed by atoms with van der Waals surface area (Å²) in [6, 6.07) is 13.0. The number of hydrogen-bond donors (Lipinski definition) is 0. The van der Waals surface area contributed by atoms with Crippen molar-refractivity contribution in [2.45, 2.75) is 11.8 Å². The normalized spacial score (nSPS) is 20.9. The standard InChI is InChI=1S/C21H22N2O4/c1-22-16-7-5-4-6-15(16)21(20(22)25)10-11-23(13-21)19(24)14-8-9-17(26-2)18(12-14)27-3/h4-9,12H,10-11,13H2,1-3H3/t21-/m1/s1. The second kappa shape index (κ2) is 6.30. The highest BCUT2D eigenvalue weighted by molar-refractivity contribution is 6.09. The number of anilines is 1. The molecule has 2 aromatic carbocycles. The highest BCUT2D eigenvalue weighted by Gasteiger charge is 2.54. The molecule has 0 saturated carbocycles. The predicted octanol–water partition coefficient (Wildman–Crippen LogP) is 2.46. The summed E-state index contributed by atoms with van der Waals surface area (Å²) in [5.41, 5.74) is 1.83. The molecule has 1 saturated heterocycles. The van der Waals surface area contributed by atoms with E-state index in [2.05, 4.69) is 0 Å². The van der Waals surface area contributed by atoms with Gasteiger partial charge in [-0.3, -0.25) is 9.59 Å². The number of ether oxygens (including phenoxy) is 2. The number of para-hydroxylation sites is 1. The molecule has 1 atom stereocenters. The Hall–Kier alpha value is -3.02. The minimum Gasteiger partial charge on any atom is -0.493 e. The molecule has 6 heteroatoms. The molecule has 6 nitrogen and oxygen atoms in total. The quantitative estimate of drug-likeness (QED) is 0.837. The third kappa shape index (κ3) is 2.47. The SMILES string of the molecule is COc1ccc(C(=O)N2CC[C@]3(C2)C(=O)N(C)c2ccccc23)cc1OC. The van der Waals surface area contributed by atoms with Gasteiger partial charge in [0, 0.05) is 31.4 Å². The maximum Gasteiger partial charge on any atom is 0.254 e. The third-order valence-electron chi connectivity index (χ3n) is 5.68. The Morgan fingerprint density at radius 2 is 1.81 bits per heavy atom. The van der Waals surface area contributed by atoms with E-state index in [1.807, 2.05) is 24.3 Å². The number of rotatable bonds is 3. The number of carbonyl (C=O) groups is 2. The van der Waals surface area contributed by atoms with Crippen LogP contribution in [-0.2, 0) is 10.2 Å². The van der Waals surface area contributed by atoms with Gasteiger partial charge in [-0.05, 0) is 36.2 Å². The van der Waals surface area contributed by atoms with Gasteiger partial charge in [-0.2, -0.15) is 0 Å². The first-order valence-corrected chi connectivity index (χ1v) is 8.91. The monoisotopic (exact) mass is 366 g/mol. The number of methoxy groups -OCH3 is 2. The summed E-state index contributed by atoms with van der Waals surface area (Å²) in [6.07, 6.45) is 0.631. The minimum atomic E-state index is -0.641. The number of amides is 2. The van der Waals surface area contributed by atoms with Crippen LogP contribution < -0.4 is 14.4 Å². The van der Waals surface area contributed by atoms with E-state index in [9.17, 15) is 9.59 Å². The summed E-state index contributed by atoms with van der Waals surface area (Å²) < 4.78 is 10.5. The van der Waals surface area contributed by atoms with Crippen LogP contribution in [0.2, 0.25) is 0 Å². The Morgan fingerprint density at radius 1 is 1.07 bits per heavy atom. The fourth-order valence-electron chi connectivity index (χ4n) is 4.25. The summed E-state index contributed by atoms with van der Waals surface area (Å²) in [7, 11) is 4.90. The van der Waals surface area contributed by atoms with E-state index in [0.29, 0.717) is 36.6 Å². The second-order valence-electron chi connectivity index (χ2n) is 7.01. The van der Waals surface area contributed by atoms with E-state index in [0.717, 1.165) is 11.3 Å². The number of nitrogens with zero attached hydrogens (tertiary/aromatic N) is 2. The predicted molar refractivity (Wildman–Crippen MR) is 102 cm³/mol. The first-order chi connectivity index (χ1) is 13.0. The fourth-order valence-corrected chi connectivity index (χ4v) is 4.25. The van der Waals surface area contributed by atoms with Crippen LogP contribution in [0.4, 0.5) is 5.69 Å². The maximum absolute atomic E-state index is 13.1. The zero-order valence-corrected chi connectivity index (χ0v) is 15.7. The van der Waals surface area contributed by atoms with Gasteiger partial charge in [0.2, 0.25) is 5.91 Å². The number of fused-ring (bicyclic) bond motifs is 2. The lowest BCUT2D eigenvalue weighted by Crippen LogP contribution is -2.42. The molecule has 2 aliphatic rings. The Kier molecular flexibility index (Phi) is 4.06. The summed E-state index contributed by atoms with van der Waals surface area (Å²) in [4.78, 5) is 29.6. The van der Waals surface area contributed by atoms with E-state index < -0.39 is 5.41 Å². The van der Waals surface area contributed by atoms with E-state index in [-0.39, 0.29) is 11.8 Å². The van der Waals surface area contributed by atoms with E-state index in [4.69, 9.17) is 9.47 Å². The van der Waals surface area contributed by atoms with Gasteiger partial charge >= 0.3 is 0 Å². The van der Waals surface area contributed by atoms with E-state index in [1.54, 1.807) is 49.3 Å². The molecule has 2 aromatic rings. The van der Waals surface area contributed by atoms with Gasteiger partial charge in [0.25, 0.3) is 5.91 Å². The van der Waals surface area contributed by atoms with Crippen LogP contribution in [0.25, 0.3) is 0 Å². The lowest BCUT2D eigenvalue weighted by molar-refractivity contribution is -0.122. The Balaban J connectivity index is 1.64. The van der Waals surface area contributed by atoms with Crippen molar-refractivity contribution in [1.29, 1.82) is 0 Å². The van der Waals surface area contributed by atoms with Crippen LogP contribution in [-0.4, -0.2) is 51.1 Å². The van der Waals surface area contributed by atoms with Gasteiger partial charge in [-0.25, -0.2) is 0 Å². The maximum atomic E-state index is 13.1. The second-order valence-corrected chi connectivity index (χ2v) is 7.01. The Labute approximate surface area is 158 Å². The van der Waals surface area contributed by atoms with Crippen molar-refractivity contribution in [3.63, 3.8) is 0 Å². The average molecular weight is 366 g/mol. The van der Waals surface area contributed by atoms with Crippen LogP contribution in [0.3, 0.4) is 0 Å².